The molecule has 2 aromatic heterocycles. The van der Waals surface area contributed by atoms with Crippen LogP contribution in [0.3, 0.4) is 0 Å². The van der Waals surface area contributed by atoms with Crippen molar-refractivity contribution in [2.45, 2.75) is 31.6 Å². The molecule has 3 aromatic rings. The number of benzene rings is 1. The molecule has 0 spiro atoms. The van der Waals surface area contributed by atoms with Gasteiger partial charge in [-0.3, -0.25) is 9.80 Å². The van der Waals surface area contributed by atoms with E-state index in [1.165, 1.54) is 5.56 Å². The molecule has 194 valence electrons. The number of aromatic nitrogens is 3. The summed E-state index contributed by atoms with van der Waals surface area (Å²) in [5.41, 5.74) is 4.23. The maximum absolute atomic E-state index is 14.4. The average molecular weight is 503 g/mol. The minimum absolute atomic E-state index is 0.116. The number of nitrogens with zero attached hydrogens (tertiary/aromatic N) is 6. The van der Waals surface area contributed by atoms with Crippen molar-refractivity contribution in [3.05, 3.63) is 60.6 Å². The number of hydrogen-bond acceptors (Lipinski definition) is 8. The van der Waals surface area contributed by atoms with Crippen molar-refractivity contribution in [2.24, 2.45) is 0 Å². The number of halogens is 1. The summed E-state index contributed by atoms with van der Waals surface area (Å²) in [5, 5.41) is 7.04. The molecule has 2 N–H and O–H groups in total. The van der Waals surface area contributed by atoms with E-state index in [-0.39, 0.29) is 6.04 Å². The summed E-state index contributed by atoms with van der Waals surface area (Å²) in [6.45, 7) is 8.51. The Bertz CT molecular complexity index is 1180. The summed E-state index contributed by atoms with van der Waals surface area (Å²) in [5.74, 6) is 1.38. The smallest absolute Gasteiger partial charge is 0.225 e. The van der Waals surface area contributed by atoms with E-state index >= 15 is 0 Å². The van der Waals surface area contributed by atoms with E-state index in [9.17, 15) is 4.39 Å². The fourth-order valence-corrected chi connectivity index (χ4v) is 5.63. The number of anilines is 3. The lowest BCUT2D eigenvalue weighted by Gasteiger charge is -2.34. The predicted octanol–water partition coefficient (Wildman–Crippen LogP) is 3.31. The zero-order chi connectivity index (χ0) is 25.0. The van der Waals surface area contributed by atoms with Gasteiger partial charge < -0.3 is 15.5 Å². The Morgan fingerprint density at radius 3 is 2.57 bits per heavy atom. The van der Waals surface area contributed by atoms with E-state index < -0.39 is 6.17 Å². The summed E-state index contributed by atoms with van der Waals surface area (Å²) in [7, 11) is 0. The number of hydrogen-bond donors (Lipinski definition) is 2. The zero-order valence-electron chi connectivity index (χ0n) is 21.2. The van der Waals surface area contributed by atoms with Crippen LogP contribution < -0.4 is 15.5 Å². The maximum Gasteiger partial charge on any atom is 0.225 e. The first-order valence-electron chi connectivity index (χ1n) is 13.4. The standard InChI is InChI=1S/C28H35FN8/c29-24-16-26-5-6-30-8-9-35-10-12-36(13-11-35)19-21-2-1-3-25(14-21)34-27-15-22(4-7-31-27)23-17-32-28(33-18-23)37(26)20-24/h1-4,7,14-15,17-18,24,26,30H,5-6,8-13,16,19-20H2,(H,31,34). The maximum atomic E-state index is 14.4. The molecule has 0 radical (unpaired) electrons. The van der Waals surface area contributed by atoms with Crippen LogP contribution in [0.1, 0.15) is 18.4 Å². The summed E-state index contributed by atoms with van der Waals surface area (Å²) in [4.78, 5) is 20.9. The van der Waals surface area contributed by atoms with E-state index in [0.717, 1.165) is 81.4 Å². The van der Waals surface area contributed by atoms with E-state index in [1.54, 1.807) is 6.20 Å². The third-order valence-electron chi connectivity index (χ3n) is 7.68. The molecule has 2 saturated heterocycles. The van der Waals surface area contributed by atoms with Crippen LogP contribution in [-0.4, -0.2) is 89.3 Å². The summed E-state index contributed by atoms with van der Waals surface area (Å²) < 4.78 is 14.4. The molecule has 8 bridgehead atoms. The Balaban J connectivity index is 1.25. The molecule has 6 aliphatic rings. The van der Waals surface area contributed by atoms with Gasteiger partial charge in [-0.15, -0.1) is 0 Å². The van der Waals surface area contributed by atoms with Gasteiger partial charge in [0.05, 0.1) is 6.54 Å². The van der Waals surface area contributed by atoms with Gasteiger partial charge in [-0.25, -0.2) is 19.3 Å². The topological polar surface area (TPSA) is 72.5 Å². The third-order valence-corrected chi connectivity index (χ3v) is 7.68. The molecule has 0 aliphatic carbocycles. The van der Waals surface area contributed by atoms with Crippen LogP contribution in [0.4, 0.5) is 21.8 Å². The van der Waals surface area contributed by atoms with Gasteiger partial charge in [0.1, 0.15) is 12.0 Å². The summed E-state index contributed by atoms with van der Waals surface area (Å²) >= 11 is 0. The van der Waals surface area contributed by atoms with Crippen molar-refractivity contribution in [1.29, 1.82) is 0 Å². The van der Waals surface area contributed by atoms with Gasteiger partial charge in [0.15, 0.2) is 0 Å². The molecule has 0 saturated carbocycles. The second-order valence-electron chi connectivity index (χ2n) is 10.3. The van der Waals surface area contributed by atoms with Gasteiger partial charge in [0.2, 0.25) is 5.95 Å². The lowest BCUT2D eigenvalue weighted by molar-refractivity contribution is 0.128. The Kier molecular flexibility index (Phi) is 7.25. The highest BCUT2D eigenvalue weighted by atomic mass is 19.1. The van der Waals surface area contributed by atoms with Crippen molar-refractivity contribution in [1.82, 2.24) is 30.1 Å². The van der Waals surface area contributed by atoms with E-state index in [2.05, 4.69) is 59.7 Å². The van der Waals surface area contributed by atoms with Crippen molar-refractivity contribution in [3.63, 3.8) is 0 Å². The third kappa shape index (κ3) is 5.89. The number of piperazine rings is 1. The van der Waals surface area contributed by atoms with Gasteiger partial charge in [0.25, 0.3) is 0 Å². The number of nitrogens with one attached hydrogen (secondary N) is 2. The molecule has 2 unspecified atom stereocenters. The Morgan fingerprint density at radius 1 is 0.865 bits per heavy atom. The van der Waals surface area contributed by atoms with Crippen LogP contribution in [0.25, 0.3) is 11.1 Å². The highest BCUT2D eigenvalue weighted by Gasteiger charge is 2.33. The molecule has 8 nitrogen and oxygen atoms in total. The second kappa shape index (κ2) is 11.1. The monoisotopic (exact) mass is 502 g/mol. The largest absolute Gasteiger partial charge is 0.340 e. The molecule has 2 atom stereocenters. The first kappa shape index (κ1) is 24.2. The average Bonchev–Trinajstić information content (AvgIpc) is 3.30. The summed E-state index contributed by atoms with van der Waals surface area (Å²) in [6.07, 6.45) is 6.05. The first-order chi connectivity index (χ1) is 18.2. The molecule has 1 aromatic carbocycles. The lowest BCUT2D eigenvalue weighted by Crippen LogP contribution is -2.47. The van der Waals surface area contributed by atoms with Gasteiger partial charge >= 0.3 is 0 Å². The number of pyridine rings is 1. The van der Waals surface area contributed by atoms with Gasteiger partial charge in [0, 0.05) is 88.1 Å². The molecule has 0 amide bonds. The van der Waals surface area contributed by atoms with E-state index in [1.807, 2.05) is 29.4 Å². The van der Waals surface area contributed by atoms with Crippen molar-refractivity contribution in [2.75, 3.05) is 62.6 Å². The Morgan fingerprint density at radius 2 is 1.70 bits per heavy atom. The van der Waals surface area contributed by atoms with Crippen LogP contribution in [0.2, 0.25) is 0 Å². The lowest BCUT2D eigenvalue weighted by atomic mass is 10.1. The molecule has 8 heterocycles. The highest BCUT2D eigenvalue weighted by molar-refractivity contribution is 5.68. The van der Waals surface area contributed by atoms with Crippen LogP contribution >= 0.6 is 0 Å². The van der Waals surface area contributed by atoms with Gasteiger partial charge in [-0.1, -0.05) is 12.1 Å². The minimum atomic E-state index is -0.838. The van der Waals surface area contributed by atoms with Crippen molar-refractivity contribution in [3.8, 4) is 11.1 Å². The summed E-state index contributed by atoms with van der Waals surface area (Å²) in [6, 6.07) is 12.7. The van der Waals surface area contributed by atoms with Crippen LogP contribution in [0.5, 0.6) is 0 Å². The number of rotatable bonds is 0. The molecule has 37 heavy (non-hydrogen) atoms. The Hall–Kier alpha value is -3.14. The fraction of sp³-hybridized carbons (Fsp3) is 0.464. The molecule has 9 heteroatoms. The molecular formula is C28H35FN8. The highest BCUT2D eigenvalue weighted by Crippen LogP contribution is 2.28. The van der Waals surface area contributed by atoms with E-state index in [0.29, 0.717) is 18.9 Å². The van der Waals surface area contributed by atoms with Crippen LogP contribution in [0, 0.1) is 0 Å². The quantitative estimate of drug-likeness (QED) is 0.485. The van der Waals surface area contributed by atoms with Crippen LogP contribution in [0.15, 0.2) is 55.0 Å². The van der Waals surface area contributed by atoms with Crippen molar-refractivity contribution < 1.29 is 4.39 Å². The number of alkyl halides is 1. The second-order valence-corrected chi connectivity index (χ2v) is 10.3. The van der Waals surface area contributed by atoms with Crippen LogP contribution in [-0.2, 0) is 6.54 Å². The molecule has 6 aliphatic heterocycles. The molecular weight excluding hydrogens is 467 g/mol. The molecule has 2 fully saturated rings. The SMILES string of the molecule is FC1CC2CCNCCN3CCN(CC3)Cc3cccc(c3)Nc3cc(ccn3)-c3cnc(nc3)N2C1. The van der Waals surface area contributed by atoms with Crippen molar-refractivity contribution >= 4 is 17.5 Å². The normalized spacial score (nSPS) is 26.5. The van der Waals surface area contributed by atoms with Gasteiger partial charge in [-0.05, 0) is 48.4 Å². The van der Waals surface area contributed by atoms with Gasteiger partial charge in [-0.2, -0.15) is 0 Å². The molecule has 9 rings (SSSR count). The zero-order valence-corrected chi connectivity index (χ0v) is 21.2. The van der Waals surface area contributed by atoms with E-state index in [4.69, 9.17) is 0 Å². The fourth-order valence-electron chi connectivity index (χ4n) is 5.63. The predicted molar refractivity (Wildman–Crippen MR) is 145 cm³/mol. The Labute approximate surface area is 217 Å². The first-order valence-corrected chi connectivity index (χ1v) is 13.4. The minimum Gasteiger partial charge on any atom is -0.340 e.